The van der Waals surface area contributed by atoms with Gasteiger partial charge in [0.05, 0.1) is 11.6 Å². The van der Waals surface area contributed by atoms with E-state index in [1.165, 1.54) is 18.2 Å². The highest BCUT2D eigenvalue weighted by molar-refractivity contribution is 5.85. The molecule has 0 spiro atoms. The molecule has 1 aliphatic rings. The fraction of sp³-hybridized carbons (Fsp3) is 0.368. The molecule has 0 unspecified atom stereocenters. The number of nitrogens with one attached hydrogen (secondary N) is 1. The zero-order valence-electron chi connectivity index (χ0n) is 15.8. The minimum atomic E-state index is -4.87. The lowest BCUT2D eigenvalue weighted by Crippen LogP contribution is -2.45. The summed E-state index contributed by atoms with van der Waals surface area (Å²) in [6.45, 7) is 1.96. The molecule has 1 heterocycles. The van der Waals surface area contributed by atoms with Crippen molar-refractivity contribution in [3.05, 3.63) is 65.0 Å². The van der Waals surface area contributed by atoms with Crippen molar-refractivity contribution in [2.45, 2.75) is 18.6 Å². The van der Waals surface area contributed by atoms with Crippen molar-refractivity contribution >= 4 is 24.8 Å². The van der Waals surface area contributed by atoms with Crippen molar-refractivity contribution in [1.29, 1.82) is 0 Å². The Hall–Kier alpha value is -1.75. The standard InChI is InChI=1S/C19H17F7N2O.2ClH/c20-16-14(2-1-3-15(16)18(21,22)23)17(28-10-8-27-9-11-28)12-4-6-13(7-5-12)29-19(24,25)26;;/h1-7,17,27H,8-11H2;2*1H/t17-;;/m0../s1. The number of ether oxygens (including phenoxy) is 1. The molecule has 2 aromatic rings. The average molecular weight is 495 g/mol. The Morgan fingerprint density at radius 3 is 1.97 bits per heavy atom. The molecule has 1 atom stereocenters. The molecule has 3 rings (SSSR count). The van der Waals surface area contributed by atoms with E-state index in [0.717, 1.165) is 18.2 Å². The fourth-order valence-electron chi connectivity index (χ4n) is 3.36. The van der Waals surface area contributed by atoms with Gasteiger partial charge in [-0.3, -0.25) is 4.90 Å². The minimum Gasteiger partial charge on any atom is -0.406 e. The molecule has 0 saturated carbocycles. The Morgan fingerprint density at radius 1 is 0.871 bits per heavy atom. The number of halogens is 9. The van der Waals surface area contributed by atoms with Crippen LogP contribution in [0.15, 0.2) is 42.5 Å². The topological polar surface area (TPSA) is 24.5 Å². The van der Waals surface area contributed by atoms with E-state index in [1.54, 1.807) is 4.90 Å². The summed E-state index contributed by atoms with van der Waals surface area (Å²) in [4.78, 5) is 1.79. The van der Waals surface area contributed by atoms with Crippen molar-refractivity contribution < 1.29 is 35.5 Å². The number of alkyl halides is 6. The van der Waals surface area contributed by atoms with Crippen LogP contribution in [0.4, 0.5) is 30.7 Å². The lowest BCUT2D eigenvalue weighted by molar-refractivity contribution is -0.274. The summed E-state index contributed by atoms with van der Waals surface area (Å²) < 4.78 is 95.3. The van der Waals surface area contributed by atoms with Gasteiger partial charge < -0.3 is 10.1 Å². The Morgan fingerprint density at radius 2 is 1.45 bits per heavy atom. The third-order valence-electron chi connectivity index (χ3n) is 4.57. The van der Waals surface area contributed by atoms with E-state index in [2.05, 4.69) is 10.1 Å². The molecule has 1 N–H and O–H groups in total. The molecule has 31 heavy (non-hydrogen) atoms. The van der Waals surface area contributed by atoms with E-state index in [9.17, 15) is 30.7 Å². The molecule has 1 saturated heterocycles. The van der Waals surface area contributed by atoms with E-state index in [1.807, 2.05) is 0 Å². The van der Waals surface area contributed by atoms with Crippen molar-refractivity contribution in [3.63, 3.8) is 0 Å². The van der Waals surface area contributed by atoms with Gasteiger partial charge in [0, 0.05) is 31.7 Å². The van der Waals surface area contributed by atoms with Gasteiger partial charge in [0.1, 0.15) is 11.6 Å². The first-order valence-electron chi connectivity index (χ1n) is 8.72. The van der Waals surface area contributed by atoms with E-state index >= 15 is 0 Å². The van der Waals surface area contributed by atoms with Crippen molar-refractivity contribution in [3.8, 4) is 5.75 Å². The third-order valence-corrected chi connectivity index (χ3v) is 4.57. The summed E-state index contributed by atoms with van der Waals surface area (Å²) in [7, 11) is 0. The summed E-state index contributed by atoms with van der Waals surface area (Å²) in [6.07, 6.45) is -9.73. The maximum absolute atomic E-state index is 14.8. The smallest absolute Gasteiger partial charge is 0.406 e. The van der Waals surface area contributed by atoms with Crippen LogP contribution in [-0.4, -0.2) is 37.4 Å². The molecule has 0 bridgehead atoms. The second kappa shape index (κ2) is 10.7. The highest BCUT2D eigenvalue weighted by Gasteiger charge is 2.37. The molecule has 1 aliphatic heterocycles. The molecule has 2 aromatic carbocycles. The second-order valence-electron chi connectivity index (χ2n) is 6.51. The molecule has 12 heteroatoms. The second-order valence-corrected chi connectivity index (χ2v) is 6.51. The highest BCUT2D eigenvalue weighted by Crippen LogP contribution is 2.38. The highest BCUT2D eigenvalue weighted by atomic mass is 35.5. The van der Waals surface area contributed by atoms with Crippen molar-refractivity contribution in [2.75, 3.05) is 26.2 Å². The first-order chi connectivity index (χ1) is 13.6. The van der Waals surface area contributed by atoms with Crippen LogP contribution in [0.1, 0.15) is 22.7 Å². The lowest BCUT2D eigenvalue weighted by atomic mass is 9.94. The third kappa shape index (κ3) is 6.86. The van der Waals surface area contributed by atoms with Crippen molar-refractivity contribution in [1.82, 2.24) is 10.2 Å². The molecule has 0 aromatic heterocycles. The van der Waals surface area contributed by atoms with Gasteiger partial charge in [-0.05, 0) is 23.8 Å². The Balaban J connectivity index is 0.00000240. The zero-order chi connectivity index (χ0) is 21.2. The van der Waals surface area contributed by atoms with E-state index in [4.69, 9.17) is 0 Å². The van der Waals surface area contributed by atoms with Gasteiger partial charge in [0.25, 0.3) is 0 Å². The Bertz CT molecular complexity index is 839. The van der Waals surface area contributed by atoms with E-state index < -0.39 is 35.7 Å². The SMILES string of the molecule is Cl.Cl.Fc1c([C@H](c2ccc(OC(F)(F)F)cc2)N2CCNCC2)cccc1C(F)(F)F. The first kappa shape index (κ1) is 27.3. The quantitative estimate of drug-likeness (QED) is 0.561. The van der Waals surface area contributed by atoms with Crippen LogP contribution in [0.5, 0.6) is 5.75 Å². The van der Waals surface area contributed by atoms with Gasteiger partial charge in [-0.15, -0.1) is 38.0 Å². The minimum absolute atomic E-state index is 0. The number of rotatable bonds is 4. The van der Waals surface area contributed by atoms with Gasteiger partial charge in [-0.1, -0.05) is 24.3 Å². The number of hydrogen-bond acceptors (Lipinski definition) is 3. The summed E-state index contributed by atoms with van der Waals surface area (Å²) in [6, 6.07) is 6.87. The first-order valence-corrected chi connectivity index (χ1v) is 8.72. The Kier molecular flexibility index (Phi) is 9.43. The van der Waals surface area contributed by atoms with Crippen LogP contribution in [0.3, 0.4) is 0 Å². The molecule has 0 aliphatic carbocycles. The molecular formula is C19H19Cl2F7N2O. The van der Waals surface area contributed by atoms with Crippen LogP contribution >= 0.6 is 24.8 Å². The Labute approximate surface area is 186 Å². The lowest BCUT2D eigenvalue weighted by Gasteiger charge is -2.36. The summed E-state index contributed by atoms with van der Waals surface area (Å²) in [5.74, 6) is -1.86. The summed E-state index contributed by atoms with van der Waals surface area (Å²) in [5.41, 5.74) is -1.21. The largest absolute Gasteiger partial charge is 0.573 e. The van der Waals surface area contributed by atoms with E-state index in [0.29, 0.717) is 37.8 Å². The van der Waals surface area contributed by atoms with E-state index in [-0.39, 0.29) is 30.4 Å². The molecule has 174 valence electrons. The zero-order valence-corrected chi connectivity index (χ0v) is 17.4. The van der Waals surface area contributed by atoms with Gasteiger partial charge in [-0.2, -0.15) is 13.2 Å². The number of piperazine rings is 1. The van der Waals surface area contributed by atoms with Gasteiger partial charge >= 0.3 is 12.5 Å². The van der Waals surface area contributed by atoms with Crippen LogP contribution in [0.2, 0.25) is 0 Å². The molecule has 3 nitrogen and oxygen atoms in total. The molecule has 1 fully saturated rings. The van der Waals surface area contributed by atoms with Crippen LogP contribution in [0.25, 0.3) is 0 Å². The summed E-state index contributed by atoms with van der Waals surface area (Å²) in [5, 5.41) is 3.10. The van der Waals surface area contributed by atoms with Crippen molar-refractivity contribution in [2.24, 2.45) is 0 Å². The average Bonchev–Trinajstić information content (AvgIpc) is 2.63. The van der Waals surface area contributed by atoms with Crippen LogP contribution in [-0.2, 0) is 6.18 Å². The van der Waals surface area contributed by atoms with Gasteiger partial charge in [-0.25, -0.2) is 4.39 Å². The summed E-state index contributed by atoms with van der Waals surface area (Å²) >= 11 is 0. The predicted molar refractivity (Wildman–Crippen MR) is 105 cm³/mol. The maximum atomic E-state index is 14.8. The normalized spacial score (nSPS) is 16.1. The monoisotopic (exact) mass is 494 g/mol. The number of hydrogen-bond donors (Lipinski definition) is 1. The van der Waals surface area contributed by atoms with Crippen LogP contribution < -0.4 is 10.1 Å². The maximum Gasteiger partial charge on any atom is 0.573 e. The van der Waals surface area contributed by atoms with Gasteiger partial charge in [0.2, 0.25) is 0 Å². The van der Waals surface area contributed by atoms with Gasteiger partial charge in [0.15, 0.2) is 0 Å². The predicted octanol–water partition coefficient (Wildman–Crippen LogP) is 5.58. The fourth-order valence-corrected chi connectivity index (χ4v) is 3.36. The molecular weight excluding hydrogens is 476 g/mol. The number of benzene rings is 2. The van der Waals surface area contributed by atoms with Crippen LogP contribution in [0, 0.1) is 5.82 Å². The molecule has 0 radical (unpaired) electrons. The number of nitrogens with zero attached hydrogens (tertiary/aromatic N) is 1. The molecule has 0 amide bonds.